The summed E-state index contributed by atoms with van der Waals surface area (Å²) in [6.07, 6.45) is 2.51. The largest absolute Gasteiger partial charge is 0.386 e. The van der Waals surface area contributed by atoms with E-state index in [2.05, 4.69) is 35.7 Å². The average molecular weight is 301 g/mol. The second-order valence-electron chi connectivity index (χ2n) is 6.23. The third kappa shape index (κ3) is 3.43. The van der Waals surface area contributed by atoms with Crippen molar-refractivity contribution in [2.75, 3.05) is 26.7 Å². The zero-order valence-electron chi connectivity index (χ0n) is 13.7. The third-order valence-electron chi connectivity index (χ3n) is 4.78. The zero-order valence-corrected chi connectivity index (χ0v) is 13.7. The van der Waals surface area contributed by atoms with Crippen LogP contribution in [0.2, 0.25) is 0 Å². The predicted molar refractivity (Wildman–Crippen MR) is 90.2 cm³/mol. The lowest BCUT2D eigenvalue weighted by atomic mass is 9.72. The molecule has 0 saturated carbocycles. The summed E-state index contributed by atoms with van der Waals surface area (Å²) < 4.78 is 0. The maximum atomic E-state index is 12.0. The SMILES string of the molecule is C=C(N)N1CCC(CN(C)C(=O)CC)(c2ccccc2)CC1. The van der Waals surface area contributed by atoms with Gasteiger partial charge in [-0.1, -0.05) is 43.8 Å². The number of carbonyl (C=O) groups excluding carboxylic acids is 1. The Morgan fingerprint density at radius 2 is 1.91 bits per heavy atom. The van der Waals surface area contributed by atoms with Crippen LogP contribution in [0.15, 0.2) is 42.7 Å². The van der Waals surface area contributed by atoms with E-state index in [0.717, 1.165) is 32.5 Å². The van der Waals surface area contributed by atoms with Crippen LogP contribution in [0, 0.1) is 0 Å². The van der Waals surface area contributed by atoms with Crippen LogP contribution in [-0.2, 0) is 10.2 Å². The lowest BCUT2D eigenvalue weighted by Crippen LogP contribution is -2.49. The van der Waals surface area contributed by atoms with Crippen molar-refractivity contribution in [2.24, 2.45) is 5.73 Å². The predicted octanol–water partition coefficient (Wildman–Crippen LogP) is 2.32. The molecule has 0 aliphatic carbocycles. The standard InChI is InChI=1S/C18H27N3O/c1-4-17(22)20(3)14-18(16-8-6-5-7-9-16)10-12-21(13-11-18)15(2)19/h5-9H,2,4,10-14,19H2,1,3H3. The highest BCUT2D eigenvalue weighted by Crippen LogP contribution is 2.36. The molecule has 2 N–H and O–H groups in total. The van der Waals surface area contributed by atoms with E-state index in [0.29, 0.717) is 12.2 Å². The van der Waals surface area contributed by atoms with E-state index in [4.69, 9.17) is 5.73 Å². The van der Waals surface area contributed by atoms with Gasteiger partial charge in [0, 0.05) is 38.5 Å². The van der Waals surface area contributed by atoms with Crippen molar-refractivity contribution in [2.45, 2.75) is 31.6 Å². The fourth-order valence-corrected chi connectivity index (χ4v) is 3.36. The Labute approximate surface area is 133 Å². The van der Waals surface area contributed by atoms with Gasteiger partial charge in [0.05, 0.1) is 5.82 Å². The van der Waals surface area contributed by atoms with Gasteiger partial charge in [0.2, 0.25) is 5.91 Å². The molecule has 1 aliphatic heterocycles. The number of piperidine rings is 1. The molecule has 0 radical (unpaired) electrons. The number of likely N-dealkylation sites (tertiary alicyclic amines) is 1. The molecule has 4 heteroatoms. The van der Waals surface area contributed by atoms with Gasteiger partial charge in [-0.05, 0) is 18.4 Å². The van der Waals surface area contributed by atoms with Crippen LogP contribution in [0.3, 0.4) is 0 Å². The number of likely N-dealkylation sites (N-methyl/N-ethyl adjacent to an activating group) is 1. The van der Waals surface area contributed by atoms with E-state index < -0.39 is 0 Å². The molecule has 120 valence electrons. The smallest absolute Gasteiger partial charge is 0.222 e. The fourth-order valence-electron chi connectivity index (χ4n) is 3.36. The van der Waals surface area contributed by atoms with Gasteiger partial charge in [0.1, 0.15) is 0 Å². The van der Waals surface area contributed by atoms with Gasteiger partial charge < -0.3 is 15.5 Å². The lowest BCUT2D eigenvalue weighted by Gasteiger charge is -2.44. The Balaban J connectivity index is 2.23. The molecule has 0 unspecified atom stereocenters. The van der Waals surface area contributed by atoms with Crippen molar-refractivity contribution in [3.05, 3.63) is 48.3 Å². The minimum Gasteiger partial charge on any atom is -0.386 e. The third-order valence-corrected chi connectivity index (χ3v) is 4.78. The normalized spacial score (nSPS) is 17.1. The number of rotatable bonds is 5. The van der Waals surface area contributed by atoms with Crippen LogP contribution in [0.25, 0.3) is 0 Å². The van der Waals surface area contributed by atoms with Gasteiger partial charge in [0.15, 0.2) is 0 Å². The first-order valence-electron chi connectivity index (χ1n) is 7.97. The number of nitrogens with two attached hydrogens (primary N) is 1. The topological polar surface area (TPSA) is 49.6 Å². The summed E-state index contributed by atoms with van der Waals surface area (Å²) in [7, 11) is 1.91. The Hall–Kier alpha value is -1.97. The summed E-state index contributed by atoms with van der Waals surface area (Å²) in [5.74, 6) is 0.834. The van der Waals surface area contributed by atoms with Crippen LogP contribution in [0.4, 0.5) is 0 Å². The monoisotopic (exact) mass is 301 g/mol. The summed E-state index contributed by atoms with van der Waals surface area (Å²) in [6, 6.07) is 10.5. The molecule has 4 nitrogen and oxygen atoms in total. The number of hydrogen-bond acceptors (Lipinski definition) is 3. The summed E-state index contributed by atoms with van der Waals surface area (Å²) in [5.41, 5.74) is 7.15. The molecule has 1 amide bonds. The van der Waals surface area contributed by atoms with Crippen molar-refractivity contribution >= 4 is 5.91 Å². The molecule has 1 aromatic carbocycles. The molecule has 1 saturated heterocycles. The van der Waals surface area contributed by atoms with Gasteiger partial charge in [0.25, 0.3) is 0 Å². The van der Waals surface area contributed by atoms with Crippen molar-refractivity contribution in [1.29, 1.82) is 0 Å². The molecule has 2 rings (SSSR count). The molecule has 0 atom stereocenters. The Morgan fingerprint density at radius 3 is 2.41 bits per heavy atom. The van der Waals surface area contributed by atoms with Crippen LogP contribution in [0.1, 0.15) is 31.7 Å². The highest BCUT2D eigenvalue weighted by atomic mass is 16.2. The second-order valence-corrected chi connectivity index (χ2v) is 6.23. The molecule has 0 bridgehead atoms. The fraction of sp³-hybridized carbons (Fsp3) is 0.500. The number of benzene rings is 1. The Morgan fingerprint density at radius 1 is 1.32 bits per heavy atom. The Kier molecular flexibility index (Phi) is 5.11. The Bertz CT molecular complexity index is 518. The molecular weight excluding hydrogens is 274 g/mol. The van der Waals surface area contributed by atoms with E-state index in [1.165, 1.54) is 5.56 Å². The van der Waals surface area contributed by atoms with E-state index in [9.17, 15) is 4.79 Å². The van der Waals surface area contributed by atoms with Crippen molar-refractivity contribution in [3.8, 4) is 0 Å². The van der Waals surface area contributed by atoms with Crippen LogP contribution < -0.4 is 5.73 Å². The first kappa shape index (κ1) is 16.4. The first-order valence-corrected chi connectivity index (χ1v) is 7.97. The molecule has 22 heavy (non-hydrogen) atoms. The minimum absolute atomic E-state index is 0.00674. The zero-order chi connectivity index (χ0) is 16.2. The highest BCUT2D eigenvalue weighted by molar-refractivity contribution is 5.75. The van der Waals surface area contributed by atoms with Gasteiger partial charge in [-0.2, -0.15) is 0 Å². The molecule has 0 spiro atoms. The van der Waals surface area contributed by atoms with E-state index in [1.54, 1.807) is 0 Å². The van der Waals surface area contributed by atoms with Gasteiger partial charge in [-0.3, -0.25) is 4.79 Å². The van der Waals surface area contributed by atoms with Crippen molar-refractivity contribution in [1.82, 2.24) is 9.80 Å². The highest BCUT2D eigenvalue weighted by Gasteiger charge is 2.37. The van der Waals surface area contributed by atoms with E-state index >= 15 is 0 Å². The maximum absolute atomic E-state index is 12.0. The molecule has 1 aromatic rings. The summed E-state index contributed by atoms with van der Waals surface area (Å²) in [4.78, 5) is 16.0. The van der Waals surface area contributed by atoms with E-state index in [-0.39, 0.29) is 11.3 Å². The summed E-state index contributed by atoms with van der Waals surface area (Å²) >= 11 is 0. The minimum atomic E-state index is 0.00674. The molecule has 1 fully saturated rings. The average Bonchev–Trinajstić information content (AvgIpc) is 2.55. The number of amides is 1. The molecule has 0 aromatic heterocycles. The molecule has 1 aliphatic rings. The van der Waals surface area contributed by atoms with Crippen LogP contribution >= 0.6 is 0 Å². The summed E-state index contributed by atoms with van der Waals surface area (Å²) in [6.45, 7) is 8.29. The molecule has 1 heterocycles. The first-order chi connectivity index (χ1) is 10.5. The van der Waals surface area contributed by atoms with Crippen molar-refractivity contribution in [3.63, 3.8) is 0 Å². The van der Waals surface area contributed by atoms with Gasteiger partial charge >= 0.3 is 0 Å². The van der Waals surface area contributed by atoms with Crippen molar-refractivity contribution < 1.29 is 4.79 Å². The number of carbonyl (C=O) groups is 1. The second kappa shape index (κ2) is 6.86. The van der Waals surface area contributed by atoms with Gasteiger partial charge in [-0.15, -0.1) is 0 Å². The van der Waals surface area contributed by atoms with Crippen LogP contribution in [-0.4, -0.2) is 42.4 Å². The summed E-state index contributed by atoms with van der Waals surface area (Å²) in [5, 5.41) is 0. The van der Waals surface area contributed by atoms with Crippen LogP contribution in [0.5, 0.6) is 0 Å². The lowest BCUT2D eigenvalue weighted by molar-refractivity contribution is -0.130. The maximum Gasteiger partial charge on any atom is 0.222 e. The number of nitrogens with zero attached hydrogens (tertiary/aromatic N) is 2. The van der Waals surface area contributed by atoms with E-state index in [1.807, 2.05) is 24.9 Å². The quantitative estimate of drug-likeness (QED) is 0.908. The molecular formula is C18H27N3O. The van der Waals surface area contributed by atoms with Gasteiger partial charge in [-0.25, -0.2) is 0 Å². The number of hydrogen-bond donors (Lipinski definition) is 1.